The fourth-order valence-electron chi connectivity index (χ4n) is 3.98. The third kappa shape index (κ3) is 3.18. The van der Waals surface area contributed by atoms with Gasteiger partial charge in [-0.25, -0.2) is 0 Å². The lowest BCUT2D eigenvalue weighted by atomic mass is 9.97. The normalized spacial score (nSPS) is 15.4. The highest BCUT2D eigenvalue weighted by atomic mass is 32.2. The molecule has 2 heteroatoms. The van der Waals surface area contributed by atoms with E-state index in [0.29, 0.717) is 0 Å². The van der Waals surface area contributed by atoms with Crippen molar-refractivity contribution >= 4 is 39.0 Å². The molecule has 0 saturated heterocycles. The molecule has 0 unspecified atom stereocenters. The smallest absolute Gasteiger partial charge is 0.0553 e. The van der Waals surface area contributed by atoms with E-state index in [4.69, 9.17) is 0 Å². The van der Waals surface area contributed by atoms with Crippen molar-refractivity contribution in [1.82, 2.24) is 4.98 Å². The second-order valence-corrected chi connectivity index (χ2v) is 7.91. The molecule has 0 radical (unpaired) electrons. The third-order valence-corrected chi connectivity index (χ3v) is 6.41. The van der Waals surface area contributed by atoms with Crippen molar-refractivity contribution in [2.75, 3.05) is 0 Å². The molecular formula is C27H23NS. The standard InChI is InChI=1S/C24H19NS.C3H4/c1-3-16-20(4-2)26-21-12-8-7-11-18(21)22-19-14-13-15-9-5-6-10-17(15)23(19)25-24(16)22;1-3-2/h3-14,25H,1-2H3;1H,2H3/b16-3+,20-4+;. The summed E-state index contributed by atoms with van der Waals surface area (Å²) in [6, 6.07) is 21.8. The molecule has 1 aliphatic rings. The van der Waals surface area contributed by atoms with Crippen molar-refractivity contribution in [3.63, 3.8) is 0 Å². The molecule has 1 aliphatic heterocycles. The predicted molar refractivity (Wildman–Crippen MR) is 129 cm³/mol. The van der Waals surface area contributed by atoms with E-state index in [1.54, 1.807) is 6.92 Å². The minimum atomic E-state index is 1.23. The van der Waals surface area contributed by atoms with Crippen LogP contribution in [0.5, 0.6) is 0 Å². The van der Waals surface area contributed by atoms with Crippen molar-refractivity contribution in [3.05, 3.63) is 83.4 Å². The largest absolute Gasteiger partial charge is 0.353 e. The van der Waals surface area contributed by atoms with Crippen LogP contribution < -0.4 is 0 Å². The molecular weight excluding hydrogens is 370 g/mol. The zero-order valence-electron chi connectivity index (χ0n) is 16.9. The third-order valence-electron chi connectivity index (χ3n) is 5.16. The monoisotopic (exact) mass is 393 g/mol. The molecule has 2 heterocycles. The van der Waals surface area contributed by atoms with Crippen LogP contribution >= 0.6 is 11.8 Å². The van der Waals surface area contributed by atoms with E-state index in [0.717, 1.165) is 0 Å². The maximum absolute atomic E-state index is 4.60. The molecule has 142 valence electrons. The Kier molecular flexibility index (Phi) is 5.34. The minimum absolute atomic E-state index is 1.23. The van der Waals surface area contributed by atoms with Crippen LogP contribution in [0, 0.1) is 12.3 Å². The van der Waals surface area contributed by atoms with Crippen LogP contribution in [0.4, 0.5) is 0 Å². The number of rotatable bonds is 0. The van der Waals surface area contributed by atoms with Gasteiger partial charge < -0.3 is 4.98 Å². The van der Waals surface area contributed by atoms with Gasteiger partial charge in [-0.3, -0.25) is 0 Å². The number of fused-ring (bicyclic) bond motifs is 7. The van der Waals surface area contributed by atoms with E-state index >= 15 is 0 Å². The number of hydrogen-bond acceptors (Lipinski definition) is 1. The van der Waals surface area contributed by atoms with Crippen LogP contribution in [0.2, 0.25) is 0 Å². The Hall–Kier alpha value is -3.15. The van der Waals surface area contributed by atoms with Crippen molar-refractivity contribution in [1.29, 1.82) is 0 Å². The Morgan fingerprint density at radius 1 is 0.897 bits per heavy atom. The van der Waals surface area contributed by atoms with Crippen LogP contribution in [0.1, 0.15) is 26.5 Å². The second-order valence-electron chi connectivity index (χ2n) is 6.83. The molecule has 29 heavy (non-hydrogen) atoms. The minimum Gasteiger partial charge on any atom is -0.353 e. The van der Waals surface area contributed by atoms with Gasteiger partial charge in [-0.05, 0) is 37.8 Å². The zero-order chi connectivity index (χ0) is 20.4. The van der Waals surface area contributed by atoms with E-state index < -0.39 is 0 Å². The number of terminal acetylenes is 1. The summed E-state index contributed by atoms with van der Waals surface area (Å²) >= 11 is 1.86. The fraction of sp³-hybridized carbons (Fsp3) is 0.111. The topological polar surface area (TPSA) is 15.8 Å². The summed E-state index contributed by atoms with van der Waals surface area (Å²) in [5.41, 5.74) is 6.36. The number of H-pyrrole nitrogens is 1. The van der Waals surface area contributed by atoms with Gasteiger partial charge >= 0.3 is 0 Å². The van der Waals surface area contributed by atoms with E-state index in [2.05, 4.69) is 104 Å². The van der Waals surface area contributed by atoms with Crippen LogP contribution in [0.3, 0.4) is 0 Å². The van der Waals surface area contributed by atoms with Gasteiger partial charge in [0.1, 0.15) is 0 Å². The van der Waals surface area contributed by atoms with E-state index in [9.17, 15) is 0 Å². The summed E-state index contributed by atoms with van der Waals surface area (Å²) in [5, 5.41) is 3.84. The molecule has 0 atom stereocenters. The zero-order valence-corrected chi connectivity index (χ0v) is 17.7. The van der Waals surface area contributed by atoms with Crippen molar-refractivity contribution < 1.29 is 0 Å². The SMILES string of the molecule is C#CC.C/C=C1\C(=C/C)Sc2ccccc2-c2c1[nH]c1c2ccc2ccccc21. The Morgan fingerprint density at radius 2 is 1.62 bits per heavy atom. The number of benzene rings is 3. The lowest BCUT2D eigenvalue weighted by Gasteiger charge is -2.08. The molecule has 0 fully saturated rings. The van der Waals surface area contributed by atoms with Crippen LogP contribution in [-0.2, 0) is 0 Å². The first kappa shape index (κ1) is 19.2. The summed E-state index contributed by atoms with van der Waals surface area (Å²) in [6.45, 7) is 5.90. The average molecular weight is 394 g/mol. The number of aromatic amines is 1. The Balaban J connectivity index is 0.000000645. The van der Waals surface area contributed by atoms with Gasteiger partial charge in [0.2, 0.25) is 0 Å². The first-order valence-electron chi connectivity index (χ1n) is 9.74. The van der Waals surface area contributed by atoms with E-state index in [1.807, 2.05) is 11.8 Å². The molecule has 1 aromatic heterocycles. The van der Waals surface area contributed by atoms with Gasteiger partial charge in [-0.1, -0.05) is 78.5 Å². The number of thioether (sulfide) groups is 1. The molecule has 1 N–H and O–H groups in total. The Morgan fingerprint density at radius 3 is 2.38 bits per heavy atom. The highest BCUT2D eigenvalue weighted by Crippen LogP contribution is 2.50. The van der Waals surface area contributed by atoms with Gasteiger partial charge in [-0.15, -0.1) is 12.3 Å². The number of hydrogen-bond donors (Lipinski definition) is 1. The highest BCUT2D eigenvalue weighted by Gasteiger charge is 2.25. The summed E-state index contributed by atoms with van der Waals surface area (Å²) in [4.78, 5) is 6.40. The van der Waals surface area contributed by atoms with Crippen molar-refractivity contribution in [3.8, 4) is 23.5 Å². The van der Waals surface area contributed by atoms with Gasteiger partial charge in [0.05, 0.1) is 11.2 Å². The molecule has 1 nitrogen and oxygen atoms in total. The predicted octanol–water partition coefficient (Wildman–Crippen LogP) is 8.04. The molecule has 0 aliphatic carbocycles. The van der Waals surface area contributed by atoms with E-state index in [1.165, 1.54) is 53.9 Å². The lowest BCUT2D eigenvalue weighted by molar-refractivity contribution is 1.39. The Labute approximate surface area is 176 Å². The van der Waals surface area contributed by atoms with Crippen molar-refractivity contribution in [2.24, 2.45) is 0 Å². The molecule has 3 aromatic carbocycles. The molecule has 0 saturated carbocycles. The summed E-state index contributed by atoms with van der Waals surface area (Å²) < 4.78 is 0. The maximum Gasteiger partial charge on any atom is 0.0553 e. The highest BCUT2D eigenvalue weighted by molar-refractivity contribution is 8.03. The Bertz CT molecular complexity index is 1310. The number of aromatic nitrogens is 1. The number of nitrogens with one attached hydrogen (secondary N) is 1. The molecule has 0 bridgehead atoms. The fourth-order valence-corrected chi connectivity index (χ4v) is 5.09. The second kappa shape index (κ2) is 8.07. The first-order chi connectivity index (χ1) is 14.2. The summed E-state index contributed by atoms with van der Waals surface area (Å²) in [7, 11) is 0. The summed E-state index contributed by atoms with van der Waals surface area (Å²) in [6.07, 6.45) is 9.04. The van der Waals surface area contributed by atoms with E-state index in [-0.39, 0.29) is 0 Å². The molecule has 0 amide bonds. The van der Waals surface area contributed by atoms with Gasteiger partial charge in [-0.2, -0.15) is 0 Å². The van der Waals surface area contributed by atoms with Crippen LogP contribution in [0.15, 0.2) is 82.6 Å². The quantitative estimate of drug-likeness (QED) is 0.299. The van der Waals surface area contributed by atoms with Crippen LogP contribution in [-0.4, -0.2) is 4.98 Å². The molecule has 5 rings (SSSR count). The maximum atomic E-state index is 4.60. The van der Waals surface area contributed by atoms with Crippen LogP contribution in [0.25, 0.3) is 38.4 Å². The first-order valence-corrected chi connectivity index (χ1v) is 10.6. The summed E-state index contributed by atoms with van der Waals surface area (Å²) in [5.74, 6) is 2.25. The van der Waals surface area contributed by atoms with Crippen molar-refractivity contribution in [2.45, 2.75) is 25.7 Å². The average Bonchev–Trinajstić information content (AvgIpc) is 3.07. The lowest BCUT2D eigenvalue weighted by Crippen LogP contribution is -1.87. The number of allylic oxidation sites excluding steroid dienone is 3. The molecule has 4 aromatic rings. The molecule has 0 spiro atoms. The van der Waals surface area contributed by atoms with Gasteiger partial charge in [0, 0.05) is 31.7 Å². The van der Waals surface area contributed by atoms with Gasteiger partial charge in [0.15, 0.2) is 0 Å². The van der Waals surface area contributed by atoms with Gasteiger partial charge in [0.25, 0.3) is 0 Å².